The summed E-state index contributed by atoms with van der Waals surface area (Å²) in [6, 6.07) is 8.42. The number of carbonyl (C=O) groups is 1. The Hall–Kier alpha value is -2.43. The second kappa shape index (κ2) is 6.59. The molecule has 1 amide bonds. The van der Waals surface area contributed by atoms with E-state index in [9.17, 15) is 9.59 Å². The van der Waals surface area contributed by atoms with Crippen molar-refractivity contribution in [3.05, 3.63) is 62.6 Å². The molecule has 0 saturated carbocycles. The third-order valence-electron chi connectivity index (χ3n) is 4.96. The molecule has 5 heteroatoms. The first-order valence-corrected chi connectivity index (χ1v) is 8.39. The highest BCUT2D eigenvalue weighted by molar-refractivity contribution is 5.95. The summed E-state index contributed by atoms with van der Waals surface area (Å²) < 4.78 is 1.23. The molecule has 0 unspecified atom stereocenters. The molecule has 24 heavy (non-hydrogen) atoms. The van der Waals surface area contributed by atoms with Crippen molar-refractivity contribution in [1.29, 1.82) is 0 Å². The van der Waals surface area contributed by atoms with Gasteiger partial charge in [0.1, 0.15) is 5.56 Å². The Kier molecular flexibility index (Phi) is 4.51. The lowest BCUT2D eigenvalue weighted by Gasteiger charge is -2.25. The van der Waals surface area contributed by atoms with Gasteiger partial charge in [-0.25, -0.2) is 4.68 Å². The number of aromatic nitrogens is 2. The first-order valence-electron chi connectivity index (χ1n) is 8.39. The first kappa shape index (κ1) is 16.4. The third kappa shape index (κ3) is 2.98. The zero-order valence-corrected chi connectivity index (χ0v) is 14.4. The normalized spacial score (nSPS) is 16.5. The van der Waals surface area contributed by atoms with Crippen molar-refractivity contribution in [2.24, 2.45) is 7.05 Å². The summed E-state index contributed by atoms with van der Waals surface area (Å²) in [7, 11) is 1.57. The van der Waals surface area contributed by atoms with Crippen molar-refractivity contribution in [3.8, 4) is 0 Å². The summed E-state index contributed by atoms with van der Waals surface area (Å²) in [6.07, 6.45) is 3.29. The van der Waals surface area contributed by atoms with E-state index >= 15 is 0 Å². The molecule has 126 valence electrons. The molecule has 1 heterocycles. The van der Waals surface area contributed by atoms with Crippen LogP contribution in [0.25, 0.3) is 0 Å². The largest absolute Gasteiger partial charge is 0.351 e. The van der Waals surface area contributed by atoms with Crippen LogP contribution in [0.5, 0.6) is 0 Å². The lowest BCUT2D eigenvalue weighted by molar-refractivity contribution is 0.0947. The van der Waals surface area contributed by atoms with Gasteiger partial charge in [0.25, 0.3) is 11.5 Å². The second-order valence-corrected chi connectivity index (χ2v) is 6.51. The fourth-order valence-corrected chi connectivity index (χ4v) is 3.49. The van der Waals surface area contributed by atoms with E-state index in [1.165, 1.54) is 15.8 Å². The average Bonchev–Trinajstić information content (AvgIpc) is 2.58. The van der Waals surface area contributed by atoms with Crippen LogP contribution in [0.4, 0.5) is 0 Å². The maximum Gasteiger partial charge on any atom is 0.279 e. The zero-order valence-electron chi connectivity index (χ0n) is 14.4. The van der Waals surface area contributed by atoms with Gasteiger partial charge in [0, 0.05) is 19.5 Å². The molecule has 3 rings (SSSR count). The molecule has 1 aromatic heterocycles. The predicted octanol–water partition coefficient (Wildman–Crippen LogP) is 2.25. The Balaban J connectivity index is 1.80. The van der Waals surface area contributed by atoms with E-state index in [1.807, 2.05) is 13.0 Å². The molecule has 0 bridgehead atoms. The van der Waals surface area contributed by atoms with Crippen LogP contribution in [0.15, 0.2) is 29.1 Å². The number of rotatable bonds is 3. The maximum absolute atomic E-state index is 12.6. The van der Waals surface area contributed by atoms with Gasteiger partial charge >= 0.3 is 0 Å². The quantitative estimate of drug-likeness (QED) is 0.941. The number of hydrogen-bond donors (Lipinski definition) is 1. The Morgan fingerprint density at radius 2 is 2.08 bits per heavy atom. The van der Waals surface area contributed by atoms with Crippen LogP contribution in [0.2, 0.25) is 0 Å². The predicted molar refractivity (Wildman–Crippen MR) is 93.4 cm³/mol. The molecule has 1 atom stereocenters. The number of fused-ring (bicyclic) bond motifs is 1. The zero-order chi connectivity index (χ0) is 17.3. The summed E-state index contributed by atoms with van der Waals surface area (Å²) in [5.74, 6) is 0.00708. The molecule has 1 N–H and O–H groups in total. The minimum absolute atomic E-state index is 0.203. The average molecular weight is 325 g/mol. The number of amides is 1. The highest BCUT2D eigenvalue weighted by atomic mass is 16.2. The van der Waals surface area contributed by atoms with E-state index in [0.29, 0.717) is 23.7 Å². The molecule has 2 aromatic rings. The summed E-state index contributed by atoms with van der Waals surface area (Å²) in [6.45, 7) is 4.14. The van der Waals surface area contributed by atoms with E-state index in [1.54, 1.807) is 14.0 Å². The topological polar surface area (TPSA) is 64.0 Å². The van der Waals surface area contributed by atoms with E-state index in [0.717, 1.165) is 19.3 Å². The summed E-state index contributed by atoms with van der Waals surface area (Å²) in [5.41, 5.74) is 3.90. The van der Waals surface area contributed by atoms with E-state index in [2.05, 4.69) is 28.6 Å². The molecule has 0 radical (unpaired) electrons. The summed E-state index contributed by atoms with van der Waals surface area (Å²) in [5, 5.41) is 7.09. The van der Waals surface area contributed by atoms with Crippen molar-refractivity contribution in [2.75, 3.05) is 6.54 Å². The molecule has 0 aliphatic heterocycles. The molecule has 1 aromatic carbocycles. The molecule has 5 nitrogen and oxygen atoms in total. The number of nitrogens with one attached hydrogen (secondary N) is 1. The van der Waals surface area contributed by atoms with Crippen LogP contribution in [-0.4, -0.2) is 22.2 Å². The molecular formula is C19H23N3O2. The van der Waals surface area contributed by atoms with Crippen LogP contribution < -0.4 is 10.9 Å². The van der Waals surface area contributed by atoms with Crippen LogP contribution in [0, 0.1) is 13.8 Å². The fourth-order valence-electron chi connectivity index (χ4n) is 3.49. The minimum atomic E-state index is -0.348. The van der Waals surface area contributed by atoms with Gasteiger partial charge in [-0.2, -0.15) is 5.10 Å². The van der Waals surface area contributed by atoms with Gasteiger partial charge < -0.3 is 5.32 Å². The third-order valence-corrected chi connectivity index (χ3v) is 4.96. The van der Waals surface area contributed by atoms with E-state index < -0.39 is 0 Å². The molecular weight excluding hydrogens is 302 g/mol. The SMILES string of the molecule is Cc1nn(C)c(=O)c(C(=O)NC[C@@H]2CCCc3ccccc32)c1C. The monoisotopic (exact) mass is 325 g/mol. The highest BCUT2D eigenvalue weighted by Crippen LogP contribution is 2.30. The van der Waals surface area contributed by atoms with Gasteiger partial charge in [-0.1, -0.05) is 24.3 Å². The van der Waals surface area contributed by atoms with Gasteiger partial charge in [-0.3, -0.25) is 9.59 Å². The standard InChI is InChI=1S/C19H23N3O2/c1-12-13(2)21-22(3)19(24)17(12)18(23)20-11-15-9-6-8-14-7-4-5-10-16(14)15/h4-5,7,10,15H,6,8-9,11H2,1-3H3,(H,20,23)/t15-/m0/s1. The Labute approximate surface area is 141 Å². The van der Waals surface area contributed by atoms with Gasteiger partial charge in [0.2, 0.25) is 0 Å². The van der Waals surface area contributed by atoms with E-state index in [4.69, 9.17) is 0 Å². The summed E-state index contributed by atoms with van der Waals surface area (Å²) >= 11 is 0. The summed E-state index contributed by atoms with van der Waals surface area (Å²) in [4.78, 5) is 24.9. The lowest BCUT2D eigenvalue weighted by atomic mass is 9.83. The second-order valence-electron chi connectivity index (χ2n) is 6.51. The first-order chi connectivity index (χ1) is 11.5. The molecule has 1 aliphatic rings. The molecule has 0 saturated heterocycles. The Bertz CT molecular complexity index is 839. The van der Waals surface area contributed by atoms with Crippen LogP contribution in [-0.2, 0) is 13.5 Å². The highest BCUT2D eigenvalue weighted by Gasteiger charge is 2.22. The fraction of sp³-hybridized carbons (Fsp3) is 0.421. The van der Waals surface area contributed by atoms with Crippen molar-refractivity contribution in [3.63, 3.8) is 0 Å². The van der Waals surface area contributed by atoms with Gasteiger partial charge in [-0.05, 0) is 49.8 Å². The molecule has 0 spiro atoms. The molecule has 1 aliphatic carbocycles. The van der Waals surface area contributed by atoms with Gasteiger partial charge in [0.15, 0.2) is 0 Å². The number of aryl methyl sites for hydroxylation is 3. The van der Waals surface area contributed by atoms with Crippen LogP contribution >= 0.6 is 0 Å². The smallest absolute Gasteiger partial charge is 0.279 e. The Morgan fingerprint density at radius 3 is 2.88 bits per heavy atom. The van der Waals surface area contributed by atoms with Crippen molar-refractivity contribution >= 4 is 5.91 Å². The van der Waals surface area contributed by atoms with Crippen LogP contribution in [0.3, 0.4) is 0 Å². The molecule has 0 fully saturated rings. The Morgan fingerprint density at radius 1 is 1.33 bits per heavy atom. The number of benzene rings is 1. The van der Waals surface area contributed by atoms with Crippen molar-refractivity contribution in [1.82, 2.24) is 15.1 Å². The number of hydrogen-bond acceptors (Lipinski definition) is 3. The van der Waals surface area contributed by atoms with E-state index in [-0.39, 0.29) is 17.0 Å². The van der Waals surface area contributed by atoms with Crippen molar-refractivity contribution < 1.29 is 4.79 Å². The minimum Gasteiger partial charge on any atom is -0.351 e. The lowest BCUT2D eigenvalue weighted by Crippen LogP contribution is -2.37. The number of carbonyl (C=O) groups excluding carboxylic acids is 1. The van der Waals surface area contributed by atoms with Crippen LogP contribution in [0.1, 0.15) is 51.5 Å². The van der Waals surface area contributed by atoms with Gasteiger partial charge in [-0.15, -0.1) is 0 Å². The van der Waals surface area contributed by atoms with Gasteiger partial charge in [0.05, 0.1) is 5.69 Å². The number of nitrogens with zero attached hydrogens (tertiary/aromatic N) is 2. The van der Waals surface area contributed by atoms with Crippen molar-refractivity contribution in [2.45, 2.75) is 39.0 Å². The maximum atomic E-state index is 12.6.